The molecule has 0 amide bonds. The van der Waals surface area contributed by atoms with Crippen molar-refractivity contribution in [2.24, 2.45) is 5.41 Å². The van der Waals surface area contributed by atoms with Crippen molar-refractivity contribution in [1.82, 2.24) is 10.2 Å². The number of rotatable bonds is 3. The number of nitrogens with zero attached hydrogens (tertiary/aromatic N) is 1. The van der Waals surface area contributed by atoms with Gasteiger partial charge in [-0.2, -0.15) is 0 Å². The molecule has 3 heterocycles. The lowest BCUT2D eigenvalue weighted by Gasteiger charge is -2.34. The van der Waals surface area contributed by atoms with Gasteiger partial charge in [-0.1, -0.05) is 0 Å². The summed E-state index contributed by atoms with van der Waals surface area (Å²) in [4.78, 5) is 2.56. The van der Waals surface area contributed by atoms with Crippen molar-refractivity contribution in [1.29, 1.82) is 0 Å². The van der Waals surface area contributed by atoms with E-state index in [9.17, 15) is 0 Å². The normalized spacial score (nSPS) is 25.1. The van der Waals surface area contributed by atoms with Crippen LogP contribution >= 0.6 is 24.8 Å². The van der Waals surface area contributed by atoms with Gasteiger partial charge in [0.15, 0.2) is 11.5 Å². The lowest BCUT2D eigenvalue weighted by Crippen LogP contribution is -2.41. The highest BCUT2D eigenvalue weighted by Gasteiger charge is 2.39. The fourth-order valence-electron chi connectivity index (χ4n) is 4.33. The van der Waals surface area contributed by atoms with Crippen molar-refractivity contribution in [3.8, 4) is 17.2 Å². The van der Waals surface area contributed by atoms with Gasteiger partial charge in [0.2, 0.25) is 0 Å². The van der Waals surface area contributed by atoms with Crippen molar-refractivity contribution < 1.29 is 14.2 Å². The SMILES string of the molecule is COc1cc2c(cc1CN1CCC3(CCCNC3)C1)OCCCO2.Cl.Cl. The van der Waals surface area contributed by atoms with E-state index in [0.717, 1.165) is 36.8 Å². The van der Waals surface area contributed by atoms with Gasteiger partial charge in [-0.15, -0.1) is 24.8 Å². The molecule has 1 unspecified atom stereocenters. The van der Waals surface area contributed by atoms with E-state index in [2.05, 4.69) is 16.3 Å². The first kappa shape index (κ1) is 21.4. The number of piperidine rings is 1. The highest BCUT2D eigenvalue weighted by atomic mass is 35.5. The van der Waals surface area contributed by atoms with Crippen LogP contribution in [0.15, 0.2) is 12.1 Å². The number of hydrogen-bond donors (Lipinski definition) is 1. The predicted octanol–water partition coefficient (Wildman–Crippen LogP) is 3.28. The number of nitrogens with one attached hydrogen (secondary N) is 1. The lowest BCUT2D eigenvalue weighted by molar-refractivity contribution is 0.198. The highest BCUT2D eigenvalue weighted by Crippen LogP contribution is 2.40. The maximum atomic E-state index is 5.85. The molecule has 2 saturated heterocycles. The van der Waals surface area contributed by atoms with Gasteiger partial charge in [-0.25, -0.2) is 0 Å². The Kier molecular flexibility index (Phi) is 7.71. The quantitative estimate of drug-likeness (QED) is 0.836. The molecule has 1 aromatic carbocycles. The summed E-state index contributed by atoms with van der Waals surface area (Å²) in [5.41, 5.74) is 1.68. The summed E-state index contributed by atoms with van der Waals surface area (Å²) in [6.45, 7) is 7.03. The summed E-state index contributed by atoms with van der Waals surface area (Å²) in [6.07, 6.45) is 4.89. The Morgan fingerprint density at radius 2 is 1.88 bits per heavy atom. The summed E-state index contributed by atoms with van der Waals surface area (Å²) < 4.78 is 17.3. The first-order valence-electron chi connectivity index (χ1n) is 9.18. The minimum Gasteiger partial charge on any atom is -0.496 e. The van der Waals surface area contributed by atoms with Crippen molar-refractivity contribution in [3.05, 3.63) is 17.7 Å². The molecule has 5 nitrogen and oxygen atoms in total. The van der Waals surface area contributed by atoms with E-state index in [-0.39, 0.29) is 24.8 Å². The Bertz CT molecular complexity index is 594. The van der Waals surface area contributed by atoms with E-state index in [4.69, 9.17) is 14.2 Å². The van der Waals surface area contributed by atoms with E-state index in [1.54, 1.807) is 7.11 Å². The minimum atomic E-state index is 0. The zero-order chi connectivity index (χ0) is 16.4. The highest BCUT2D eigenvalue weighted by molar-refractivity contribution is 5.85. The minimum absolute atomic E-state index is 0. The Balaban J connectivity index is 0.00000121. The molecule has 7 heteroatoms. The fraction of sp³-hybridized carbons (Fsp3) is 0.684. The Morgan fingerprint density at radius 1 is 1.12 bits per heavy atom. The van der Waals surface area contributed by atoms with E-state index >= 15 is 0 Å². The number of ether oxygens (including phenoxy) is 3. The molecule has 1 spiro atoms. The zero-order valence-electron chi connectivity index (χ0n) is 15.4. The molecule has 148 valence electrons. The molecular formula is C19H30Cl2N2O3. The first-order valence-corrected chi connectivity index (χ1v) is 9.18. The second-order valence-electron chi connectivity index (χ2n) is 7.40. The van der Waals surface area contributed by atoms with Crippen LogP contribution in [0.5, 0.6) is 17.2 Å². The summed E-state index contributed by atoms with van der Waals surface area (Å²) in [5.74, 6) is 2.57. The fourth-order valence-corrected chi connectivity index (χ4v) is 4.33. The number of methoxy groups -OCH3 is 1. The van der Waals surface area contributed by atoms with Gasteiger partial charge in [0.25, 0.3) is 0 Å². The molecule has 0 bridgehead atoms. The third kappa shape index (κ3) is 4.50. The van der Waals surface area contributed by atoms with Crippen LogP contribution in [0.4, 0.5) is 0 Å². The van der Waals surface area contributed by atoms with Crippen molar-refractivity contribution in [3.63, 3.8) is 0 Å². The molecule has 0 aliphatic carbocycles. The van der Waals surface area contributed by atoms with Gasteiger partial charge < -0.3 is 19.5 Å². The molecule has 1 N–H and O–H groups in total. The smallest absolute Gasteiger partial charge is 0.164 e. The van der Waals surface area contributed by atoms with Crippen LogP contribution in [0.2, 0.25) is 0 Å². The van der Waals surface area contributed by atoms with E-state index in [0.29, 0.717) is 12.0 Å². The monoisotopic (exact) mass is 404 g/mol. The second kappa shape index (κ2) is 9.36. The number of halogens is 2. The number of hydrogen-bond acceptors (Lipinski definition) is 5. The molecule has 26 heavy (non-hydrogen) atoms. The zero-order valence-corrected chi connectivity index (χ0v) is 17.1. The van der Waals surface area contributed by atoms with Gasteiger partial charge >= 0.3 is 0 Å². The average Bonchev–Trinajstić information content (AvgIpc) is 2.84. The topological polar surface area (TPSA) is 43.0 Å². The van der Waals surface area contributed by atoms with Crippen LogP contribution in [-0.4, -0.2) is 51.4 Å². The molecule has 1 aromatic rings. The molecule has 0 aromatic heterocycles. The van der Waals surface area contributed by atoms with Gasteiger partial charge in [-0.3, -0.25) is 4.90 Å². The van der Waals surface area contributed by atoms with E-state index < -0.39 is 0 Å². The molecule has 2 fully saturated rings. The largest absolute Gasteiger partial charge is 0.496 e. The van der Waals surface area contributed by atoms with Gasteiger partial charge in [-0.05, 0) is 43.8 Å². The van der Waals surface area contributed by atoms with Crippen molar-refractivity contribution in [2.75, 3.05) is 46.5 Å². The molecule has 4 rings (SSSR count). The van der Waals surface area contributed by atoms with Crippen LogP contribution in [0.25, 0.3) is 0 Å². The summed E-state index contributed by atoms with van der Waals surface area (Å²) >= 11 is 0. The second-order valence-corrected chi connectivity index (χ2v) is 7.40. The number of benzene rings is 1. The van der Waals surface area contributed by atoms with E-state index in [1.165, 1.54) is 51.0 Å². The third-order valence-electron chi connectivity index (χ3n) is 5.62. The Hall–Kier alpha value is -0.880. The van der Waals surface area contributed by atoms with Crippen LogP contribution in [0.3, 0.4) is 0 Å². The summed E-state index contributed by atoms with van der Waals surface area (Å²) in [5, 5.41) is 3.58. The summed E-state index contributed by atoms with van der Waals surface area (Å²) in [7, 11) is 1.74. The van der Waals surface area contributed by atoms with Crippen LogP contribution in [0.1, 0.15) is 31.2 Å². The Morgan fingerprint density at radius 3 is 2.58 bits per heavy atom. The Labute approximate surface area is 168 Å². The maximum Gasteiger partial charge on any atom is 0.164 e. The standard InChI is InChI=1S/C19H28N2O3.2ClH/c1-22-16-11-18-17(23-8-3-9-24-18)10-15(16)12-21-7-5-19(14-21)4-2-6-20-13-19;;/h10-11,20H,2-9,12-14H2,1H3;2*1H. The van der Waals surface area contributed by atoms with Crippen molar-refractivity contribution >= 4 is 24.8 Å². The molecule has 0 saturated carbocycles. The summed E-state index contributed by atoms with van der Waals surface area (Å²) in [6, 6.07) is 4.10. The molecule has 1 atom stereocenters. The molecular weight excluding hydrogens is 375 g/mol. The predicted molar refractivity (Wildman–Crippen MR) is 108 cm³/mol. The van der Waals surface area contributed by atoms with Gasteiger partial charge in [0.05, 0.1) is 20.3 Å². The third-order valence-corrected chi connectivity index (χ3v) is 5.62. The van der Waals surface area contributed by atoms with Crippen LogP contribution < -0.4 is 19.5 Å². The first-order chi connectivity index (χ1) is 11.8. The maximum absolute atomic E-state index is 5.85. The molecule has 3 aliphatic heterocycles. The molecule has 0 radical (unpaired) electrons. The van der Waals surface area contributed by atoms with Crippen LogP contribution in [-0.2, 0) is 6.54 Å². The lowest BCUT2D eigenvalue weighted by atomic mass is 9.80. The molecule has 3 aliphatic rings. The van der Waals surface area contributed by atoms with Gasteiger partial charge in [0.1, 0.15) is 5.75 Å². The number of fused-ring (bicyclic) bond motifs is 1. The van der Waals surface area contributed by atoms with E-state index in [1.807, 2.05) is 6.07 Å². The van der Waals surface area contributed by atoms with Gasteiger partial charge in [0, 0.05) is 37.7 Å². The van der Waals surface area contributed by atoms with Crippen LogP contribution in [0, 0.1) is 5.41 Å². The van der Waals surface area contributed by atoms with Crippen molar-refractivity contribution in [2.45, 2.75) is 32.2 Å². The number of likely N-dealkylation sites (tertiary alicyclic amines) is 1. The average molecular weight is 405 g/mol.